The number of sulfone groups is 1. The Morgan fingerprint density at radius 2 is 1.57 bits per heavy atom. The summed E-state index contributed by atoms with van der Waals surface area (Å²) in [5.41, 5.74) is 6.53. The van der Waals surface area contributed by atoms with Crippen LogP contribution in [0.15, 0.2) is 94.7 Å². The van der Waals surface area contributed by atoms with Gasteiger partial charge >= 0.3 is 0 Å². The van der Waals surface area contributed by atoms with Crippen LogP contribution in [0, 0.1) is 0 Å². The number of nitrogens with zero attached hydrogens (tertiary/aromatic N) is 2. The van der Waals surface area contributed by atoms with Gasteiger partial charge in [-0.25, -0.2) is 13.2 Å². The van der Waals surface area contributed by atoms with Gasteiger partial charge in [-0.2, -0.15) is 5.06 Å². The molecule has 222 valence electrons. The average Bonchev–Trinajstić information content (AvgIpc) is 3.02. The molecule has 4 rings (SSSR count). The van der Waals surface area contributed by atoms with Gasteiger partial charge in [0, 0.05) is 26.3 Å². The molecule has 0 spiro atoms. The van der Waals surface area contributed by atoms with Gasteiger partial charge in [0.25, 0.3) is 0 Å². The summed E-state index contributed by atoms with van der Waals surface area (Å²) in [5, 5.41) is 1.62. The Morgan fingerprint density at radius 1 is 0.976 bits per heavy atom. The summed E-state index contributed by atoms with van der Waals surface area (Å²) in [7, 11) is -0.727. The van der Waals surface area contributed by atoms with Gasteiger partial charge < -0.3 is 15.2 Å². The number of methoxy groups -OCH3 is 2. The second-order valence-electron chi connectivity index (χ2n) is 9.96. The van der Waals surface area contributed by atoms with Crippen LogP contribution in [0.3, 0.4) is 0 Å². The van der Waals surface area contributed by atoms with E-state index in [9.17, 15) is 18.0 Å². The number of piperidine rings is 1. The number of rotatable bonds is 13. The minimum Gasteiger partial charge on any atom is -0.497 e. The molecular formula is C31H35N3O7S. The Hall–Kier alpha value is -3.83. The predicted octanol–water partition coefficient (Wildman–Crippen LogP) is 3.14. The molecule has 0 aromatic heterocycles. The van der Waals surface area contributed by atoms with E-state index in [1.54, 1.807) is 47.4 Å². The molecule has 1 aliphatic heterocycles. The van der Waals surface area contributed by atoms with Gasteiger partial charge in [0.05, 0.1) is 30.1 Å². The molecule has 1 aliphatic rings. The van der Waals surface area contributed by atoms with Crippen molar-refractivity contribution in [1.82, 2.24) is 9.96 Å². The van der Waals surface area contributed by atoms with Crippen molar-refractivity contribution in [2.45, 2.75) is 47.6 Å². The van der Waals surface area contributed by atoms with E-state index in [1.807, 2.05) is 35.2 Å². The largest absolute Gasteiger partial charge is 0.497 e. The Labute approximate surface area is 246 Å². The quantitative estimate of drug-likeness (QED) is 0.235. The molecule has 1 unspecified atom stereocenters. The zero-order valence-electron chi connectivity index (χ0n) is 23.6. The topological polar surface area (TPSA) is 128 Å². The van der Waals surface area contributed by atoms with Crippen LogP contribution in [0.4, 0.5) is 0 Å². The normalized spacial score (nSPS) is 16.0. The number of carbonyl (C=O) groups excluding carboxylic acids is 2. The maximum Gasteiger partial charge on any atom is 0.240 e. The van der Waals surface area contributed by atoms with Crippen LogP contribution >= 0.6 is 0 Å². The van der Waals surface area contributed by atoms with Gasteiger partial charge in [0.1, 0.15) is 23.5 Å². The zero-order chi connectivity index (χ0) is 30.2. The first kappa shape index (κ1) is 31.1. The lowest BCUT2D eigenvalue weighted by molar-refractivity contribution is -0.246. The monoisotopic (exact) mass is 593 g/mol. The molecule has 0 aliphatic carbocycles. The fourth-order valence-electron chi connectivity index (χ4n) is 5.03. The third kappa shape index (κ3) is 6.96. The number of hydrogen-bond donors (Lipinski definition) is 1. The third-order valence-electron chi connectivity index (χ3n) is 7.53. The Bertz CT molecular complexity index is 1480. The smallest absolute Gasteiger partial charge is 0.240 e. The van der Waals surface area contributed by atoms with Crippen molar-refractivity contribution in [3.8, 4) is 5.75 Å². The summed E-state index contributed by atoms with van der Waals surface area (Å²) in [6.07, 6.45) is 1.39. The molecule has 0 radical (unpaired) electrons. The van der Waals surface area contributed by atoms with Gasteiger partial charge in [-0.05, 0) is 60.4 Å². The molecule has 3 aromatic rings. The molecule has 0 saturated carbocycles. The van der Waals surface area contributed by atoms with Gasteiger partial charge in [0.2, 0.25) is 15.7 Å². The van der Waals surface area contributed by atoms with Crippen molar-refractivity contribution in [3.63, 3.8) is 0 Å². The predicted molar refractivity (Wildman–Crippen MR) is 155 cm³/mol. The van der Waals surface area contributed by atoms with Gasteiger partial charge in [-0.15, -0.1) is 0 Å². The lowest BCUT2D eigenvalue weighted by Gasteiger charge is -2.46. The number of hydrogen-bond acceptors (Lipinski definition) is 9. The lowest BCUT2D eigenvalue weighted by atomic mass is 9.85. The Balaban J connectivity index is 1.59. The van der Waals surface area contributed by atoms with Gasteiger partial charge in [-0.1, -0.05) is 42.5 Å². The van der Waals surface area contributed by atoms with E-state index in [0.717, 1.165) is 11.1 Å². The number of likely N-dealkylation sites (tertiary alicyclic amines) is 1. The molecule has 1 amide bonds. The van der Waals surface area contributed by atoms with Crippen LogP contribution in [0.2, 0.25) is 0 Å². The molecule has 3 aromatic carbocycles. The van der Waals surface area contributed by atoms with Crippen molar-refractivity contribution in [2.75, 3.05) is 27.3 Å². The SMILES string of the molecule is COc1ccc(S(=O)(=O)c2ccc(CN(OCc3ccccc3)C3(C(N)=O)CCN(C(C=C=O)OC)CC3)cc2)cc1. The van der Waals surface area contributed by atoms with Crippen LogP contribution < -0.4 is 10.5 Å². The van der Waals surface area contributed by atoms with Crippen molar-refractivity contribution in [1.29, 1.82) is 0 Å². The summed E-state index contributed by atoms with van der Waals surface area (Å²) in [4.78, 5) is 32.5. The zero-order valence-corrected chi connectivity index (χ0v) is 24.5. The molecule has 2 N–H and O–H groups in total. The van der Waals surface area contributed by atoms with E-state index in [2.05, 4.69) is 0 Å². The highest BCUT2D eigenvalue weighted by atomic mass is 32.2. The van der Waals surface area contributed by atoms with Crippen molar-refractivity contribution < 1.29 is 32.3 Å². The molecule has 1 fully saturated rings. The second-order valence-corrected chi connectivity index (χ2v) is 11.9. The van der Waals surface area contributed by atoms with Crippen molar-refractivity contribution in [3.05, 3.63) is 96.1 Å². The minimum atomic E-state index is -3.75. The van der Waals surface area contributed by atoms with Gasteiger partial charge in [0.15, 0.2) is 0 Å². The maximum atomic E-state index is 13.2. The van der Waals surface area contributed by atoms with Crippen LogP contribution in [0.1, 0.15) is 24.0 Å². The number of carbonyl (C=O) groups is 1. The number of benzene rings is 3. The first-order chi connectivity index (χ1) is 20.2. The van der Waals surface area contributed by atoms with Gasteiger partial charge in [-0.3, -0.25) is 14.5 Å². The summed E-state index contributed by atoms with van der Waals surface area (Å²) in [5.74, 6) is 1.80. The summed E-state index contributed by atoms with van der Waals surface area (Å²) in [6.45, 7) is 1.23. The van der Waals surface area contributed by atoms with E-state index in [1.165, 1.54) is 32.4 Å². The molecule has 1 heterocycles. The molecule has 10 nitrogen and oxygen atoms in total. The van der Waals surface area contributed by atoms with E-state index in [0.29, 0.717) is 31.7 Å². The van der Waals surface area contributed by atoms with Crippen LogP contribution in [0.5, 0.6) is 5.75 Å². The molecule has 1 atom stereocenters. The lowest BCUT2D eigenvalue weighted by Crippen LogP contribution is -2.62. The van der Waals surface area contributed by atoms with Crippen LogP contribution in [0.25, 0.3) is 0 Å². The molecule has 0 bridgehead atoms. The first-order valence-electron chi connectivity index (χ1n) is 13.4. The number of ether oxygens (including phenoxy) is 2. The number of hydroxylamine groups is 2. The molecule has 11 heteroatoms. The van der Waals surface area contributed by atoms with Crippen molar-refractivity contribution in [2.24, 2.45) is 5.73 Å². The number of amides is 1. The van der Waals surface area contributed by atoms with E-state index < -0.39 is 27.5 Å². The number of nitrogens with two attached hydrogens (primary N) is 1. The van der Waals surface area contributed by atoms with E-state index >= 15 is 0 Å². The summed E-state index contributed by atoms with van der Waals surface area (Å²) in [6, 6.07) is 22.2. The highest BCUT2D eigenvalue weighted by Gasteiger charge is 2.47. The maximum absolute atomic E-state index is 13.2. The third-order valence-corrected chi connectivity index (χ3v) is 9.32. The standard InChI is InChI=1S/C31H35N3O7S/c1-39-26-10-14-28(15-11-26)42(37,38)27-12-8-24(9-13-27)22-34(41-23-25-6-4-3-5-7-25)31(30(32)36)17-19-33(20-18-31)29(40-2)16-21-35/h3-16,29H,17-20,22-23H2,1-2H3,(H2,32,36). The Kier molecular flexibility index (Phi) is 10.3. The highest BCUT2D eigenvalue weighted by molar-refractivity contribution is 7.91. The molecular weight excluding hydrogens is 558 g/mol. The first-order valence-corrected chi connectivity index (χ1v) is 14.9. The average molecular weight is 594 g/mol. The van der Waals surface area contributed by atoms with E-state index in [4.69, 9.17) is 20.0 Å². The minimum absolute atomic E-state index is 0.139. The second kappa shape index (κ2) is 13.9. The van der Waals surface area contributed by atoms with Crippen molar-refractivity contribution >= 4 is 21.7 Å². The molecule has 42 heavy (non-hydrogen) atoms. The molecule has 1 saturated heterocycles. The van der Waals surface area contributed by atoms with E-state index in [-0.39, 0.29) is 22.9 Å². The summed E-state index contributed by atoms with van der Waals surface area (Å²) < 4.78 is 36.9. The van der Waals surface area contributed by atoms with Crippen LogP contribution in [-0.4, -0.2) is 69.3 Å². The fraction of sp³-hybridized carbons (Fsp3) is 0.323. The van der Waals surface area contributed by atoms with Crippen LogP contribution in [-0.2, 0) is 42.2 Å². The summed E-state index contributed by atoms with van der Waals surface area (Å²) >= 11 is 0. The fourth-order valence-corrected chi connectivity index (χ4v) is 6.29. The highest BCUT2D eigenvalue weighted by Crippen LogP contribution is 2.33. The number of primary amides is 1. The Morgan fingerprint density at radius 3 is 2.10 bits per heavy atom.